The van der Waals surface area contributed by atoms with Crippen molar-refractivity contribution in [3.8, 4) is 17.1 Å². The number of phenols is 1. The molecule has 0 aliphatic heterocycles. The zero-order chi connectivity index (χ0) is 20.3. The van der Waals surface area contributed by atoms with Crippen LogP contribution in [0, 0.1) is 0 Å². The highest BCUT2D eigenvalue weighted by atomic mass is 28.3. The van der Waals surface area contributed by atoms with Crippen LogP contribution in [0.3, 0.4) is 0 Å². The SMILES string of the molecule is CCCc1nc2nc(-c3ccc(O)cc3)n(COCC[Si](C)(C)C)c2c(=O)[nH]1. The Hall–Kier alpha value is -2.45. The molecule has 3 aromatic rings. The predicted octanol–water partition coefficient (Wildman–Crippen LogP) is 3.76. The normalized spacial score (nSPS) is 12.0. The fourth-order valence-electron chi connectivity index (χ4n) is 2.93. The third-order valence-corrected chi connectivity index (χ3v) is 6.20. The summed E-state index contributed by atoms with van der Waals surface area (Å²) in [6, 6.07) is 7.80. The van der Waals surface area contributed by atoms with Crippen LogP contribution in [-0.4, -0.2) is 39.3 Å². The average molecular weight is 401 g/mol. The van der Waals surface area contributed by atoms with Crippen LogP contribution in [0.5, 0.6) is 5.75 Å². The minimum Gasteiger partial charge on any atom is -0.508 e. The summed E-state index contributed by atoms with van der Waals surface area (Å²) in [4.78, 5) is 24.8. The fraction of sp³-hybridized carbons (Fsp3) is 0.450. The van der Waals surface area contributed by atoms with Crippen molar-refractivity contribution in [1.82, 2.24) is 19.5 Å². The van der Waals surface area contributed by atoms with E-state index in [0.29, 0.717) is 35.8 Å². The Kier molecular flexibility index (Phi) is 6.00. The fourth-order valence-corrected chi connectivity index (χ4v) is 3.69. The smallest absolute Gasteiger partial charge is 0.277 e. The summed E-state index contributed by atoms with van der Waals surface area (Å²) in [7, 11) is -1.20. The number of ether oxygens (including phenoxy) is 1. The maximum Gasteiger partial charge on any atom is 0.277 e. The van der Waals surface area contributed by atoms with Gasteiger partial charge < -0.3 is 14.8 Å². The van der Waals surface area contributed by atoms with Crippen molar-refractivity contribution in [2.45, 2.75) is 52.2 Å². The number of aromatic amines is 1. The molecule has 2 heterocycles. The van der Waals surface area contributed by atoms with Crippen molar-refractivity contribution < 1.29 is 9.84 Å². The number of hydrogen-bond donors (Lipinski definition) is 2. The molecule has 0 aliphatic carbocycles. The first kappa shape index (κ1) is 20.3. The number of aryl methyl sites for hydroxylation is 1. The largest absolute Gasteiger partial charge is 0.508 e. The van der Waals surface area contributed by atoms with Crippen LogP contribution in [0.4, 0.5) is 0 Å². The maximum absolute atomic E-state index is 12.7. The van der Waals surface area contributed by atoms with Crippen LogP contribution in [0.25, 0.3) is 22.6 Å². The van der Waals surface area contributed by atoms with Gasteiger partial charge in [0, 0.05) is 26.7 Å². The van der Waals surface area contributed by atoms with Crippen LogP contribution in [0.1, 0.15) is 19.2 Å². The zero-order valence-corrected chi connectivity index (χ0v) is 18.0. The van der Waals surface area contributed by atoms with Gasteiger partial charge in [0.25, 0.3) is 5.56 Å². The third-order valence-electron chi connectivity index (χ3n) is 4.49. The number of nitrogens with zero attached hydrogens (tertiary/aromatic N) is 3. The van der Waals surface area contributed by atoms with Crippen molar-refractivity contribution in [3.63, 3.8) is 0 Å². The van der Waals surface area contributed by atoms with Gasteiger partial charge in [-0.3, -0.25) is 9.36 Å². The molecule has 2 aromatic heterocycles. The molecule has 0 fully saturated rings. The van der Waals surface area contributed by atoms with Crippen LogP contribution in [0.15, 0.2) is 29.1 Å². The summed E-state index contributed by atoms with van der Waals surface area (Å²) in [5, 5.41) is 9.59. The number of hydrogen-bond acceptors (Lipinski definition) is 5. The van der Waals surface area contributed by atoms with Gasteiger partial charge in [-0.15, -0.1) is 0 Å². The molecule has 1 aromatic carbocycles. The van der Waals surface area contributed by atoms with E-state index in [4.69, 9.17) is 4.74 Å². The molecule has 0 saturated heterocycles. The van der Waals surface area contributed by atoms with E-state index in [1.54, 1.807) is 28.8 Å². The van der Waals surface area contributed by atoms with Gasteiger partial charge in [-0.25, -0.2) is 9.97 Å². The first-order valence-electron chi connectivity index (χ1n) is 9.65. The molecule has 0 unspecified atom stereocenters. The summed E-state index contributed by atoms with van der Waals surface area (Å²) in [5.74, 6) is 1.43. The van der Waals surface area contributed by atoms with Crippen LogP contribution in [0.2, 0.25) is 25.7 Å². The van der Waals surface area contributed by atoms with E-state index in [1.165, 1.54) is 0 Å². The molecule has 0 atom stereocenters. The first-order valence-corrected chi connectivity index (χ1v) is 13.4. The second-order valence-corrected chi connectivity index (χ2v) is 13.8. The molecule has 28 heavy (non-hydrogen) atoms. The van der Waals surface area contributed by atoms with Gasteiger partial charge in [-0.2, -0.15) is 0 Å². The Balaban J connectivity index is 2.02. The molecular formula is C20H28N4O3Si. The van der Waals surface area contributed by atoms with E-state index in [0.717, 1.165) is 18.0 Å². The molecule has 2 N–H and O–H groups in total. The quantitative estimate of drug-likeness (QED) is 0.444. The molecule has 0 spiro atoms. The van der Waals surface area contributed by atoms with Gasteiger partial charge in [-0.05, 0) is 36.7 Å². The molecule has 3 rings (SSSR count). The Bertz CT molecular complexity index is 1000. The summed E-state index contributed by atoms with van der Waals surface area (Å²) >= 11 is 0. The lowest BCUT2D eigenvalue weighted by Gasteiger charge is -2.16. The van der Waals surface area contributed by atoms with Gasteiger partial charge in [-0.1, -0.05) is 26.6 Å². The summed E-state index contributed by atoms with van der Waals surface area (Å²) in [6.45, 7) is 9.81. The van der Waals surface area contributed by atoms with Gasteiger partial charge >= 0.3 is 0 Å². The Morgan fingerprint density at radius 2 is 1.89 bits per heavy atom. The Morgan fingerprint density at radius 1 is 1.18 bits per heavy atom. The second kappa shape index (κ2) is 8.28. The highest BCUT2D eigenvalue weighted by molar-refractivity contribution is 6.76. The molecule has 0 aliphatic rings. The number of imidazole rings is 1. The summed E-state index contributed by atoms with van der Waals surface area (Å²) in [6.07, 6.45) is 1.58. The molecule has 0 radical (unpaired) electrons. The third kappa shape index (κ3) is 4.69. The van der Waals surface area contributed by atoms with Crippen LogP contribution < -0.4 is 5.56 Å². The number of fused-ring (bicyclic) bond motifs is 1. The highest BCUT2D eigenvalue weighted by Gasteiger charge is 2.18. The minimum absolute atomic E-state index is 0.180. The number of nitrogens with one attached hydrogen (secondary N) is 1. The number of phenolic OH excluding ortho intramolecular Hbond substituents is 1. The highest BCUT2D eigenvalue weighted by Crippen LogP contribution is 2.24. The molecular weight excluding hydrogens is 372 g/mol. The lowest BCUT2D eigenvalue weighted by atomic mass is 10.2. The maximum atomic E-state index is 12.7. The van der Waals surface area contributed by atoms with Crippen molar-refractivity contribution in [2.75, 3.05) is 6.61 Å². The van der Waals surface area contributed by atoms with Gasteiger partial charge in [0.2, 0.25) is 0 Å². The molecule has 7 nitrogen and oxygen atoms in total. The number of aromatic hydroxyl groups is 1. The number of benzene rings is 1. The van der Waals surface area contributed by atoms with E-state index in [-0.39, 0.29) is 18.0 Å². The van der Waals surface area contributed by atoms with E-state index < -0.39 is 8.07 Å². The molecule has 150 valence electrons. The summed E-state index contributed by atoms with van der Waals surface area (Å²) < 4.78 is 7.68. The summed E-state index contributed by atoms with van der Waals surface area (Å²) in [5.41, 5.74) is 1.42. The van der Waals surface area contributed by atoms with Crippen molar-refractivity contribution >= 4 is 19.2 Å². The van der Waals surface area contributed by atoms with Gasteiger partial charge in [0.15, 0.2) is 11.2 Å². The molecule has 0 saturated carbocycles. The second-order valence-electron chi connectivity index (χ2n) is 8.19. The number of rotatable bonds is 8. The number of aromatic nitrogens is 4. The Morgan fingerprint density at radius 3 is 2.54 bits per heavy atom. The monoisotopic (exact) mass is 400 g/mol. The molecule has 0 amide bonds. The van der Waals surface area contributed by atoms with Crippen LogP contribution >= 0.6 is 0 Å². The van der Waals surface area contributed by atoms with E-state index in [9.17, 15) is 9.90 Å². The van der Waals surface area contributed by atoms with Crippen molar-refractivity contribution in [1.29, 1.82) is 0 Å². The standard InChI is InChI=1S/C20H28N4O3Si/c1-5-6-16-21-18-17(20(26)22-16)24(13-27-11-12-28(2,3)4)19(23-18)14-7-9-15(25)10-8-14/h7-10,25H,5-6,11-13H2,1-4H3,(H,21,22,26). The molecule has 8 heteroatoms. The van der Waals surface area contributed by atoms with Crippen LogP contribution in [-0.2, 0) is 17.9 Å². The van der Waals surface area contributed by atoms with E-state index in [2.05, 4.69) is 34.6 Å². The number of H-pyrrole nitrogens is 1. The van der Waals surface area contributed by atoms with E-state index >= 15 is 0 Å². The zero-order valence-electron chi connectivity index (χ0n) is 17.0. The van der Waals surface area contributed by atoms with Crippen molar-refractivity contribution in [2.24, 2.45) is 0 Å². The predicted molar refractivity (Wildman–Crippen MR) is 113 cm³/mol. The van der Waals surface area contributed by atoms with Gasteiger partial charge in [0.05, 0.1) is 0 Å². The lowest BCUT2D eigenvalue weighted by molar-refractivity contribution is 0.0908. The Labute approximate surface area is 165 Å². The first-order chi connectivity index (χ1) is 13.3. The minimum atomic E-state index is -1.20. The topological polar surface area (TPSA) is 93.0 Å². The molecule has 0 bridgehead atoms. The lowest BCUT2D eigenvalue weighted by Crippen LogP contribution is -2.22. The van der Waals surface area contributed by atoms with E-state index in [1.807, 2.05) is 6.92 Å². The average Bonchev–Trinajstić information content (AvgIpc) is 2.98. The van der Waals surface area contributed by atoms with Gasteiger partial charge in [0.1, 0.15) is 24.1 Å². The van der Waals surface area contributed by atoms with Crippen molar-refractivity contribution in [3.05, 3.63) is 40.4 Å².